The first kappa shape index (κ1) is 13.6. The largest absolute Gasteiger partial charge is 0.355 e. The van der Waals surface area contributed by atoms with Gasteiger partial charge in [-0.05, 0) is 50.1 Å². The van der Waals surface area contributed by atoms with Gasteiger partial charge in [0.2, 0.25) is 0 Å². The molecule has 0 spiro atoms. The average Bonchev–Trinajstić information content (AvgIpc) is 2.43. The van der Waals surface area contributed by atoms with Gasteiger partial charge in [0.15, 0.2) is 0 Å². The Morgan fingerprint density at radius 1 is 1.14 bits per heavy atom. The van der Waals surface area contributed by atoms with E-state index in [-0.39, 0.29) is 5.82 Å². The average molecular weight is 283 g/mol. The summed E-state index contributed by atoms with van der Waals surface area (Å²) in [4.78, 5) is 0. The molecule has 4 heteroatoms. The third kappa shape index (κ3) is 2.49. The third-order valence-corrected chi connectivity index (χ3v) is 3.83. The summed E-state index contributed by atoms with van der Waals surface area (Å²) < 4.78 is 13.4. The van der Waals surface area contributed by atoms with Crippen molar-refractivity contribution >= 4 is 17.1 Å². The standard InChI is InChI=1S/C17H18FN3/c1-10-7-13(18)8-11(2)17(10)20-16-6-4-5-14-12(3)21-19-9-15(14)16/h4-8,19-20H,9H2,1-3H3. The number of aryl methyl sites for hydroxylation is 2. The third-order valence-electron chi connectivity index (χ3n) is 3.83. The molecule has 0 radical (unpaired) electrons. The van der Waals surface area contributed by atoms with E-state index in [1.165, 1.54) is 5.56 Å². The molecule has 108 valence electrons. The molecule has 0 saturated carbocycles. The summed E-state index contributed by atoms with van der Waals surface area (Å²) in [6.07, 6.45) is 0. The first-order valence-corrected chi connectivity index (χ1v) is 6.99. The maximum atomic E-state index is 13.4. The van der Waals surface area contributed by atoms with Crippen molar-refractivity contribution in [2.24, 2.45) is 5.10 Å². The predicted octanol–water partition coefficient (Wildman–Crippen LogP) is 4.01. The van der Waals surface area contributed by atoms with Gasteiger partial charge in [0.05, 0.1) is 12.3 Å². The topological polar surface area (TPSA) is 36.4 Å². The molecule has 2 N–H and O–H groups in total. The number of rotatable bonds is 2. The second-order valence-electron chi connectivity index (χ2n) is 5.40. The highest BCUT2D eigenvalue weighted by atomic mass is 19.1. The zero-order chi connectivity index (χ0) is 15.0. The first-order chi connectivity index (χ1) is 10.1. The SMILES string of the molecule is CC1=NNCc2c(Nc3c(C)cc(F)cc3C)cccc21. The Bertz CT molecular complexity index is 712. The normalized spacial score (nSPS) is 13.2. The molecule has 1 heterocycles. The van der Waals surface area contributed by atoms with Crippen LogP contribution in [-0.4, -0.2) is 5.71 Å². The Hall–Kier alpha value is -2.36. The quantitative estimate of drug-likeness (QED) is 0.873. The summed E-state index contributed by atoms with van der Waals surface area (Å²) in [5.74, 6) is -0.199. The van der Waals surface area contributed by atoms with Gasteiger partial charge in [-0.1, -0.05) is 12.1 Å². The van der Waals surface area contributed by atoms with Crippen LogP contribution >= 0.6 is 0 Å². The van der Waals surface area contributed by atoms with E-state index in [9.17, 15) is 4.39 Å². The molecule has 0 amide bonds. The lowest BCUT2D eigenvalue weighted by Gasteiger charge is -2.21. The minimum absolute atomic E-state index is 0.199. The predicted molar refractivity (Wildman–Crippen MR) is 84.6 cm³/mol. The summed E-state index contributed by atoms with van der Waals surface area (Å²) in [5.41, 5.74) is 10.2. The lowest BCUT2D eigenvalue weighted by atomic mass is 10.00. The van der Waals surface area contributed by atoms with E-state index in [0.29, 0.717) is 6.54 Å². The number of fused-ring (bicyclic) bond motifs is 1. The van der Waals surface area contributed by atoms with Gasteiger partial charge in [-0.3, -0.25) is 0 Å². The van der Waals surface area contributed by atoms with Crippen LogP contribution < -0.4 is 10.7 Å². The van der Waals surface area contributed by atoms with Gasteiger partial charge < -0.3 is 10.7 Å². The van der Waals surface area contributed by atoms with Crippen molar-refractivity contribution in [3.8, 4) is 0 Å². The highest BCUT2D eigenvalue weighted by Gasteiger charge is 2.15. The molecule has 0 saturated heterocycles. The molecule has 21 heavy (non-hydrogen) atoms. The van der Waals surface area contributed by atoms with Gasteiger partial charge in [-0.25, -0.2) is 4.39 Å². The molecule has 2 aromatic carbocycles. The van der Waals surface area contributed by atoms with Crippen LogP contribution in [0.15, 0.2) is 35.4 Å². The lowest BCUT2D eigenvalue weighted by molar-refractivity contribution is 0.625. The van der Waals surface area contributed by atoms with Crippen LogP contribution in [0.4, 0.5) is 15.8 Å². The number of hydrogen-bond donors (Lipinski definition) is 2. The Labute approximate surface area is 123 Å². The summed E-state index contributed by atoms with van der Waals surface area (Å²) in [7, 11) is 0. The summed E-state index contributed by atoms with van der Waals surface area (Å²) in [6.45, 7) is 6.51. The molecule has 1 aliphatic rings. The maximum Gasteiger partial charge on any atom is 0.123 e. The fourth-order valence-corrected chi connectivity index (χ4v) is 2.77. The maximum absolute atomic E-state index is 13.4. The molecule has 0 unspecified atom stereocenters. The molecule has 1 aliphatic heterocycles. The number of nitrogens with one attached hydrogen (secondary N) is 2. The molecule has 0 bridgehead atoms. The van der Waals surface area contributed by atoms with Gasteiger partial charge >= 0.3 is 0 Å². The van der Waals surface area contributed by atoms with Gasteiger partial charge in [0.25, 0.3) is 0 Å². The van der Waals surface area contributed by atoms with E-state index in [2.05, 4.69) is 21.9 Å². The van der Waals surface area contributed by atoms with Gasteiger partial charge in [-0.15, -0.1) is 0 Å². The second kappa shape index (κ2) is 5.20. The molecule has 3 rings (SSSR count). The number of benzene rings is 2. The second-order valence-corrected chi connectivity index (χ2v) is 5.40. The number of anilines is 2. The van der Waals surface area contributed by atoms with Crippen LogP contribution in [0, 0.1) is 19.7 Å². The van der Waals surface area contributed by atoms with E-state index in [1.807, 2.05) is 32.9 Å². The zero-order valence-electron chi connectivity index (χ0n) is 12.4. The van der Waals surface area contributed by atoms with Crippen molar-refractivity contribution in [3.05, 3.63) is 58.4 Å². The van der Waals surface area contributed by atoms with E-state index < -0.39 is 0 Å². The highest BCUT2D eigenvalue weighted by Crippen LogP contribution is 2.30. The van der Waals surface area contributed by atoms with Gasteiger partial charge in [0, 0.05) is 22.5 Å². The Balaban J connectivity index is 2.04. The summed E-state index contributed by atoms with van der Waals surface area (Å²) in [6, 6.07) is 9.23. The lowest BCUT2D eigenvalue weighted by Crippen LogP contribution is -2.19. The molecule has 0 aromatic heterocycles. The highest BCUT2D eigenvalue weighted by molar-refractivity contribution is 6.01. The van der Waals surface area contributed by atoms with E-state index in [1.54, 1.807) is 12.1 Å². The molecular weight excluding hydrogens is 265 g/mol. The molecular formula is C17H18FN3. The van der Waals surface area contributed by atoms with Crippen molar-refractivity contribution in [3.63, 3.8) is 0 Å². The molecule has 2 aromatic rings. The van der Waals surface area contributed by atoms with Crippen LogP contribution in [0.5, 0.6) is 0 Å². The van der Waals surface area contributed by atoms with Gasteiger partial charge in [0.1, 0.15) is 5.82 Å². The van der Waals surface area contributed by atoms with E-state index >= 15 is 0 Å². The molecule has 3 nitrogen and oxygen atoms in total. The van der Waals surface area contributed by atoms with E-state index in [0.717, 1.165) is 33.8 Å². The Morgan fingerprint density at radius 2 is 1.86 bits per heavy atom. The van der Waals surface area contributed by atoms with Crippen LogP contribution in [0.1, 0.15) is 29.2 Å². The number of halogens is 1. The summed E-state index contributed by atoms with van der Waals surface area (Å²) >= 11 is 0. The number of nitrogens with zero attached hydrogens (tertiary/aromatic N) is 1. The molecule has 0 aliphatic carbocycles. The minimum Gasteiger partial charge on any atom is -0.355 e. The van der Waals surface area contributed by atoms with Crippen molar-refractivity contribution in [2.45, 2.75) is 27.3 Å². The van der Waals surface area contributed by atoms with Crippen molar-refractivity contribution in [2.75, 3.05) is 5.32 Å². The zero-order valence-corrected chi connectivity index (χ0v) is 12.4. The smallest absolute Gasteiger partial charge is 0.123 e. The van der Waals surface area contributed by atoms with Crippen LogP contribution in [0.25, 0.3) is 0 Å². The minimum atomic E-state index is -0.199. The molecule has 0 fully saturated rings. The van der Waals surface area contributed by atoms with Crippen LogP contribution in [-0.2, 0) is 6.54 Å². The van der Waals surface area contributed by atoms with Crippen molar-refractivity contribution in [1.29, 1.82) is 0 Å². The van der Waals surface area contributed by atoms with E-state index in [4.69, 9.17) is 0 Å². The van der Waals surface area contributed by atoms with Crippen LogP contribution in [0.3, 0.4) is 0 Å². The fourth-order valence-electron chi connectivity index (χ4n) is 2.77. The number of hydrogen-bond acceptors (Lipinski definition) is 3. The fraction of sp³-hybridized carbons (Fsp3) is 0.235. The summed E-state index contributed by atoms with van der Waals surface area (Å²) in [5, 5.41) is 7.71. The monoisotopic (exact) mass is 283 g/mol. The first-order valence-electron chi connectivity index (χ1n) is 6.99. The number of hydrazone groups is 1. The van der Waals surface area contributed by atoms with Crippen LogP contribution in [0.2, 0.25) is 0 Å². The van der Waals surface area contributed by atoms with Gasteiger partial charge in [-0.2, -0.15) is 5.10 Å². The van der Waals surface area contributed by atoms with Crippen molar-refractivity contribution in [1.82, 2.24) is 5.43 Å². The van der Waals surface area contributed by atoms with Crippen molar-refractivity contribution < 1.29 is 4.39 Å². The molecule has 0 atom stereocenters. The Kier molecular flexibility index (Phi) is 3.37. The Morgan fingerprint density at radius 3 is 2.57 bits per heavy atom.